The third-order valence-electron chi connectivity index (χ3n) is 8.02. The van der Waals surface area contributed by atoms with Crippen molar-refractivity contribution in [3.63, 3.8) is 0 Å². The number of pyridine rings is 1. The predicted molar refractivity (Wildman–Crippen MR) is 157 cm³/mol. The van der Waals surface area contributed by atoms with Crippen molar-refractivity contribution < 1.29 is 28.8 Å². The highest BCUT2D eigenvalue weighted by molar-refractivity contribution is 6.38. The lowest BCUT2D eigenvalue weighted by Crippen LogP contribution is -2.46. The Kier molecular flexibility index (Phi) is 12.5. The van der Waals surface area contributed by atoms with Gasteiger partial charge in [0.15, 0.2) is 17.3 Å². The van der Waals surface area contributed by atoms with Crippen molar-refractivity contribution in [2.75, 3.05) is 5.32 Å². The van der Waals surface area contributed by atoms with Gasteiger partial charge in [-0.25, -0.2) is 4.98 Å². The maximum atomic E-state index is 13.4. The predicted octanol–water partition coefficient (Wildman–Crippen LogP) is 5.12. The number of anilines is 1. The minimum atomic E-state index is -0.891. The highest BCUT2D eigenvalue weighted by Gasteiger charge is 2.36. The van der Waals surface area contributed by atoms with Gasteiger partial charge < -0.3 is 10.6 Å². The van der Waals surface area contributed by atoms with Crippen LogP contribution in [0.4, 0.5) is 5.82 Å². The number of nitrogens with zero attached hydrogens (tertiary/aromatic N) is 1. The summed E-state index contributed by atoms with van der Waals surface area (Å²) in [4.78, 5) is 80.9. The Hall–Kier alpha value is -3.23. The second-order valence-electron chi connectivity index (χ2n) is 12.9. The number of rotatable bonds is 14. The van der Waals surface area contributed by atoms with Crippen molar-refractivity contribution in [3.05, 3.63) is 23.9 Å². The molecule has 0 aromatic carbocycles. The summed E-state index contributed by atoms with van der Waals surface area (Å²) < 4.78 is 0. The Morgan fingerprint density at radius 1 is 0.976 bits per heavy atom. The summed E-state index contributed by atoms with van der Waals surface area (Å²) in [5.41, 5.74) is -0.288. The molecule has 0 unspecified atom stereocenters. The standard InChI is InChI=1S/C32H47N3O6/c1-19(2)24(30(40)28(39)15-22-11-9-8-10-12-22)17-26(37)20(3)34-31(41)25(32(5,6)7)18-27(38)23-13-14-33-29(16-23)35-21(4)36/h13-14,16,19-20,22,24-25H,8-12,15,17-18H2,1-7H3,(H,34,41)(H,33,35,36)/t20-,24-,25+/m0/s1. The van der Waals surface area contributed by atoms with Crippen molar-refractivity contribution >= 4 is 40.8 Å². The molecule has 1 aromatic rings. The third-order valence-corrected chi connectivity index (χ3v) is 8.02. The van der Waals surface area contributed by atoms with Crippen molar-refractivity contribution in [3.8, 4) is 0 Å². The SMILES string of the molecule is CC(=O)Nc1cc(C(=O)C[C@H](C(=O)N[C@@H](C)C(=O)C[C@H](C(=O)C(=O)CC2CCCCC2)C(C)C)C(C)(C)C)ccn1. The number of aromatic nitrogens is 1. The van der Waals surface area contributed by atoms with E-state index < -0.39 is 40.8 Å². The van der Waals surface area contributed by atoms with Crippen LogP contribution in [0, 0.1) is 29.1 Å². The minimum Gasteiger partial charge on any atom is -0.346 e. The van der Waals surface area contributed by atoms with Gasteiger partial charge in [0.05, 0.1) is 12.0 Å². The zero-order valence-electron chi connectivity index (χ0n) is 25.7. The molecule has 0 bridgehead atoms. The topological polar surface area (TPSA) is 139 Å². The molecule has 2 N–H and O–H groups in total. The smallest absolute Gasteiger partial charge is 0.224 e. The van der Waals surface area contributed by atoms with Crippen LogP contribution < -0.4 is 10.6 Å². The molecule has 0 radical (unpaired) electrons. The molecule has 0 saturated heterocycles. The number of amides is 2. The Labute approximate surface area is 244 Å². The highest BCUT2D eigenvalue weighted by atomic mass is 16.2. The van der Waals surface area contributed by atoms with Gasteiger partial charge in [-0.05, 0) is 36.3 Å². The number of carbonyl (C=O) groups is 6. The molecule has 1 aliphatic rings. The summed E-state index contributed by atoms with van der Waals surface area (Å²) in [6, 6.07) is 2.10. The second kappa shape index (κ2) is 15.1. The summed E-state index contributed by atoms with van der Waals surface area (Å²) in [6.45, 7) is 12.1. The van der Waals surface area contributed by atoms with Crippen LogP contribution >= 0.6 is 0 Å². The molecule has 1 heterocycles. The first-order chi connectivity index (χ1) is 19.1. The van der Waals surface area contributed by atoms with E-state index in [4.69, 9.17) is 0 Å². The van der Waals surface area contributed by atoms with Crippen LogP contribution in [0.25, 0.3) is 0 Å². The third kappa shape index (κ3) is 10.6. The van der Waals surface area contributed by atoms with Gasteiger partial charge in [0.2, 0.25) is 17.6 Å². The van der Waals surface area contributed by atoms with Gasteiger partial charge in [0.25, 0.3) is 0 Å². The number of ketones is 4. The van der Waals surface area contributed by atoms with E-state index in [0.717, 1.165) is 25.7 Å². The molecule has 1 aliphatic carbocycles. The molecule has 0 spiro atoms. The quantitative estimate of drug-likeness (QED) is 0.234. The number of Topliss-reactive ketones (excluding diaryl/α,β-unsaturated/α-hetero) is 4. The van der Waals surface area contributed by atoms with Crippen LogP contribution in [0.15, 0.2) is 18.3 Å². The van der Waals surface area contributed by atoms with E-state index in [-0.39, 0.29) is 54.4 Å². The molecule has 3 atom stereocenters. The van der Waals surface area contributed by atoms with Crippen molar-refractivity contribution in [1.29, 1.82) is 0 Å². The Morgan fingerprint density at radius 3 is 2.17 bits per heavy atom. The van der Waals surface area contributed by atoms with Gasteiger partial charge in [0.1, 0.15) is 5.82 Å². The first kappa shape index (κ1) is 34.0. The van der Waals surface area contributed by atoms with E-state index in [1.165, 1.54) is 31.7 Å². The van der Waals surface area contributed by atoms with Crippen molar-refractivity contribution in [1.82, 2.24) is 10.3 Å². The number of hydrogen-bond acceptors (Lipinski definition) is 7. The minimum absolute atomic E-state index is 0.109. The molecule has 2 amide bonds. The molecule has 41 heavy (non-hydrogen) atoms. The van der Waals surface area contributed by atoms with Crippen molar-refractivity contribution in [2.45, 2.75) is 106 Å². The van der Waals surface area contributed by atoms with Gasteiger partial charge in [0, 0.05) is 43.9 Å². The normalized spacial score (nSPS) is 16.4. The molecule has 226 valence electrons. The average Bonchev–Trinajstić information content (AvgIpc) is 2.89. The molecule has 2 rings (SSSR count). The van der Waals surface area contributed by atoms with Crippen LogP contribution in [0.2, 0.25) is 0 Å². The molecule has 1 fully saturated rings. The molecule has 9 nitrogen and oxygen atoms in total. The van der Waals surface area contributed by atoms with E-state index >= 15 is 0 Å². The average molecular weight is 570 g/mol. The van der Waals surface area contributed by atoms with Crippen LogP contribution in [-0.4, -0.2) is 46.0 Å². The second-order valence-corrected chi connectivity index (χ2v) is 12.9. The maximum absolute atomic E-state index is 13.4. The summed E-state index contributed by atoms with van der Waals surface area (Å²) >= 11 is 0. The zero-order valence-corrected chi connectivity index (χ0v) is 25.7. The number of carbonyl (C=O) groups excluding carboxylic acids is 6. The number of nitrogens with one attached hydrogen (secondary N) is 2. The van der Waals surface area contributed by atoms with Gasteiger partial charge in [-0.3, -0.25) is 28.8 Å². The monoisotopic (exact) mass is 569 g/mol. The fourth-order valence-electron chi connectivity index (χ4n) is 5.33. The van der Waals surface area contributed by atoms with Crippen LogP contribution in [-0.2, 0) is 24.0 Å². The molecular weight excluding hydrogens is 522 g/mol. The summed E-state index contributed by atoms with van der Waals surface area (Å²) in [5.74, 6) is -3.48. The van der Waals surface area contributed by atoms with Crippen LogP contribution in [0.1, 0.15) is 110 Å². The summed E-state index contributed by atoms with van der Waals surface area (Å²) in [6.07, 6.45) is 6.67. The Balaban J connectivity index is 2.06. The van der Waals surface area contributed by atoms with E-state index in [1.54, 1.807) is 6.92 Å². The fraction of sp³-hybridized carbons (Fsp3) is 0.656. The van der Waals surface area contributed by atoms with E-state index in [0.29, 0.717) is 5.56 Å². The molecule has 1 aromatic heterocycles. The van der Waals surface area contributed by atoms with Gasteiger partial charge in [-0.1, -0.05) is 66.7 Å². The lowest BCUT2D eigenvalue weighted by molar-refractivity contribution is -0.142. The fourth-order valence-corrected chi connectivity index (χ4v) is 5.33. The summed E-state index contributed by atoms with van der Waals surface area (Å²) in [5, 5.41) is 5.29. The Morgan fingerprint density at radius 2 is 1.61 bits per heavy atom. The summed E-state index contributed by atoms with van der Waals surface area (Å²) in [7, 11) is 0. The van der Waals surface area contributed by atoms with Crippen LogP contribution in [0.5, 0.6) is 0 Å². The van der Waals surface area contributed by atoms with Gasteiger partial charge >= 0.3 is 0 Å². The van der Waals surface area contributed by atoms with Crippen molar-refractivity contribution in [2.24, 2.45) is 29.1 Å². The largest absolute Gasteiger partial charge is 0.346 e. The molecule has 9 heteroatoms. The van der Waals surface area contributed by atoms with E-state index in [9.17, 15) is 28.8 Å². The highest BCUT2D eigenvalue weighted by Crippen LogP contribution is 2.31. The zero-order chi connectivity index (χ0) is 30.9. The number of hydrogen-bond donors (Lipinski definition) is 2. The van der Waals surface area contributed by atoms with Gasteiger partial charge in [-0.15, -0.1) is 0 Å². The Bertz CT molecular complexity index is 1130. The van der Waals surface area contributed by atoms with Crippen LogP contribution in [0.3, 0.4) is 0 Å². The lowest BCUT2D eigenvalue weighted by Gasteiger charge is -2.30. The van der Waals surface area contributed by atoms with Gasteiger partial charge in [-0.2, -0.15) is 0 Å². The lowest BCUT2D eigenvalue weighted by atomic mass is 9.76. The van der Waals surface area contributed by atoms with E-state index in [1.807, 2.05) is 34.6 Å². The molecule has 1 saturated carbocycles. The first-order valence-corrected chi connectivity index (χ1v) is 14.8. The molecular formula is C32H47N3O6. The first-order valence-electron chi connectivity index (χ1n) is 14.8. The van der Waals surface area contributed by atoms with E-state index in [2.05, 4.69) is 15.6 Å². The molecule has 0 aliphatic heterocycles. The maximum Gasteiger partial charge on any atom is 0.224 e.